The van der Waals surface area contributed by atoms with Gasteiger partial charge in [0, 0.05) is 16.9 Å². The monoisotopic (exact) mass is 196 g/mol. The summed E-state index contributed by atoms with van der Waals surface area (Å²) in [6.45, 7) is 1.55. The van der Waals surface area contributed by atoms with Gasteiger partial charge in [0.15, 0.2) is 5.78 Å². The first-order chi connectivity index (χ1) is 6.19. The van der Waals surface area contributed by atoms with E-state index in [1.54, 1.807) is 26.2 Å². The van der Waals surface area contributed by atoms with E-state index in [1.807, 2.05) is 6.07 Å². The van der Waals surface area contributed by atoms with Gasteiger partial charge >= 0.3 is 0 Å². The summed E-state index contributed by atoms with van der Waals surface area (Å²) < 4.78 is 5.11. The third-order valence-corrected chi connectivity index (χ3v) is 2.20. The Kier molecular flexibility index (Phi) is 3.37. The number of ketones is 1. The van der Waals surface area contributed by atoms with E-state index in [9.17, 15) is 4.79 Å². The third kappa shape index (κ3) is 2.25. The number of methoxy groups -OCH3 is 1. The second-order valence-electron chi connectivity index (χ2n) is 2.74. The number of rotatable bonds is 3. The fourth-order valence-corrected chi connectivity index (χ4v) is 1.37. The summed E-state index contributed by atoms with van der Waals surface area (Å²) in [5.41, 5.74) is 1.64. The van der Waals surface area contributed by atoms with Gasteiger partial charge in [-0.25, -0.2) is 0 Å². The van der Waals surface area contributed by atoms with Crippen LogP contribution in [0.25, 0.3) is 0 Å². The van der Waals surface area contributed by atoms with Gasteiger partial charge in [-0.05, 0) is 25.1 Å². The van der Waals surface area contributed by atoms with Crippen LogP contribution in [0.5, 0.6) is 5.75 Å². The molecule has 0 aliphatic heterocycles. The molecule has 0 fully saturated rings. The van der Waals surface area contributed by atoms with Gasteiger partial charge in [0.05, 0.1) is 7.11 Å². The molecule has 1 aromatic carbocycles. The number of ether oxygens (including phenoxy) is 1. The molecule has 0 aliphatic carbocycles. The number of carbonyl (C=O) groups is 1. The van der Waals surface area contributed by atoms with E-state index in [0.717, 1.165) is 11.3 Å². The van der Waals surface area contributed by atoms with Crippen molar-refractivity contribution in [2.45, 2.75) is 12.7 Å². The van der Waals surface area contributed by atoms with E-state index < -0.39 is 0 Å². The Morgan fingerprint density at radius 2 is 2.23 bits per heavy atom. The van der Waals surface area contributed by atoms with E-state index in [4.69, 9.17) is 4.74 Å². The van der Waals surface area contributed by atoms with E-state index in [2.05, 4.69) is 12.6 Å². The number of thiol groups is 1. The number of hydrogen-bond donors (Lipinski definition) is 1. The number of Topliss-reactive ketones (excluding diaryl/α,β-unsaturated/α-hetero) is 1. The Balaban J connectivity index is 3.13. The third-order valence-electron chi connectivity index (χ3n) is 1.86. The summed E-state index contributed by atoms with van der Waals surface area (Å²) >= 11 is 4.16. The van der Waals surface area contributed by atoms with Crippen molar-refractivity contribution in [1.82, 2.24) is 0 Å². The van der Waals surface area contributed by atoms with Gasteiger partial charge in [-0.1, -0.05) is 0 Å². The van der Waals surface area contributed by atoms with Crippen molar-refractivity contribution >= 4 is 18.4 Å². The second-order valence-corrected chi connectivity index (χ2v) is 3.06. The highest BCUT2D eigenvalue weighted by Gasteiger charge is 2.05. The Bertz CT molecular complexity index is 321. The molecule has 0 atom stereocenters. The van der Waals surface area contributed by atoms with Gasteiger partial charge in [-0.2, -0.15) is 12.6 Å². The van der Waals surface area contributed by atoms with Crippen LogP contribution in [0.4, 0.5) is 0 Å². The van der Waals surface area contributed by atoms with E-state index in [0.29, 0.717) is 11.3 Å². The molecule has 2 nitrogen and oxygen atoms in total. The van der Waals surface area contributed by atoms with E-state index >= 15 is 0 Å². The summed E-state index contributed by atoms with van der Waals surface area (Å²) in [7, 11) is 1.61. The highest BCUT2D eigenvalue weighted by molar-refractivity contribution is 7.79. The summed E-state index contributed by atoms with van der Waals surface area (Å²) in [4.78, 5) is 11.0. The van der Waals surface area contributed by atoms with Crippen LogP contribution in [-0.4, -0.2) is 12.9 Å². The molecule has 0 heterocycles. The zero-order valence-corrected chi connectivity index (χ0v) is 8.60. The van der Waals surface area contributed by atoms with Gasteiger partial charge in [0.1, 0.15) is 5.75 Å². The first-order valence-electron chi connectivity index (χ1n) is 3.97. The minimum Gasteiger partial charge on any atom is -0.496 e. The molecule has 0 unspecified atom stereocenters. The first kappa shape index (κ1) is 10.1. The standard InChI is InChI=1S/C10H12O2S/c1-7(11)8-3-4-10(12-2)9(5-8)6-13/h3-5,13H,6H2,1-2H3. The maximum absolute atomic E-state index is 11.0. The van der Waals surface area contributed by atoms with Crippen LogP contribution in [0, 0.1) is 0 Å². The summed E-state index contributed by atoms with van der Waals surface area (Å²) in [5, 5.41) is 0. The van der Waals surface area contributed by atoms with Crippen molar-refractivity contribution in [1.29, 1.82) is 0 Å². The SMILES string of the molecule is COc1ccc(C(C)=O)cc1CS. The van der Waals surface area contributed by atoms with Crippen LogP contribution in [-0.2, 0) is 5.75 Å². The zero-order chi connectivity index (χ0) is 9.84. The minimum atomic E-state index is 0.0608. The molecule has 13 heavy (non-hydrogen) atoms. The molecule has 0 saturated heterocycles. The van der Waals surface area contributed by atoms with Gasteiger partial charge < -0.3 is 4.74 Å². The topological polar surface area (TPSA) is 26.3 Å². The minimum absolute atomic E-state index is 0.0608. The van der Waals surface area contributed by atoms with Crippen LogP contribution in [0.15, 0.2) is 18.2 Å². The molecule has 0 N–H and O–H groups in total. The fraction of sp³-hybridized carbons (Fsp3) is 0.300. The van der Waals surface area contributed by atoms with Gasteiger partial charge in [-0.15, -0.1) is 0 Å². The Morgan fingerprint density at radius 1 is 1.54 bits per heavy atom. The first-order valence-corrected chi connectivity index (χ1v) is 4.61. The zero-order valence-electron chi connectivity index (χ0n) is 7.70. The second kappa shape index (κ2) is 4.33. The molecule has 0 spiro atoms. The molecule has 0 amide bonds. The molecule has 0 bridgehead atoms. The highest BCUT2D eigenvalue weighted by Crippen LogP contribution is 2.21. The van der Waals surface area contributed by atoms with Crippen LogP contribution in [0.2, 0.25) is 0 Å². The number of benzene rings is 1. The lowest BCUT2D eigenvalue weighted by Gasteiger charge is -2.06. The number of carbonyl (C=O) groups excluding carboxylic acids is 1. The smallest absolute Gasteiger partial charge is 0.159 e. The molecule has 1 rings (SSSR count). The summed E-state index contributed by atoms with van der Waals surface area (Å²) in [6, 6.07) is 5.37. The average molecular weight is 196 g/mol. The van der Waals surface area contributed by atoms with E-state index in [1.165, 1.54) is 0 Å². The van der Waals surface area contributed by atoms with Crippen molar-refractivity contribution in [3.8, 4) is 5.75 Å². The molecule has 1 aromatic rings. The summed E-state index contributed by atoms with van der Waals surface area (Å²) in [6.07, 6.45) is 0. The molecule has 70 valence electrons. The molecule has 0 saturated carbocycles. The molecule has 0 aliphatic rings. The molecule has 3 heteroatoms. The van der Waals surface area contributed by atoms with Crippen molar-refractivity contribution in [2.75, 3.05) is 7.11 Å². The Hall–Kier alpha value is -0.960. The van der Waals surface area contributed by atoms with Crippen molar-refractivity contribution < 1.29 is 9.53 Å². The normalized spacial score (nSPS) is 9.77. The lowest BCUT2D eigenvalue weighted by Crippen LogP contribution is -1.96. The van der Waals surface area contributed by atoms with Crippen molar-refractivity contribution in [3.63, 3.8) is 0 Å². The van der Waals surface area contributed by atoms with E-state index in [-0.39, 0.29) is 5.78 Å². The molecular formula is C10H12O2S. The van der Waals surface area contributed by atoms with Gasteiger partial charge in [-0.3, -0.25) is 4.79 Å². The summed E-state index contributed by atoms with van der Waals surface area (Å²) in [5.74, 6) is 1.41. The molecule has 0 radical (unpaired) electrons. The Labute approximate surface area is 83.3 Å². The Morgan fingerprint density at radius 3 is 2.69 bits per heavy atom. The van der Waals surface area contributed by atoms with Crippen molar-refractivity contribution in [3.05, 3.63) is 29.3 Å². The lowest BCUT2D eigenvalue weighted by atomic mass is 10.1. The predicted molar refractivity (Wildman–Crippen MR) is 55.7 cm³/mol. The van der Waals surface area contributed by atoms with Crippen LogP contribution in [0.1, 0.15) is 22.8 Å². The maximum atomic E-state index is 11.0. The van der Waals surface area contributed by atoms with Crippen LogP contribution < -0.4 is 4.74 Å². The average Bonchev–Trinajstić information content (AvgIpc) is 2.16. The molecular weight excluding hydrogens is 184 g/mol. The number of hydrogen-bond acceptors (Lipinski definition) is 3. The largest absolute Gasteiger partial charge is 0.496 e. The van der Waals surface area contributed by atoms with Crippen LogP contribution >= 0.6 is 12.6 Å². The lowest BCUT2D eigenvalue weighted by molar-refractivity contribution is 0.101. The van der Waals surface area contributed by atoms with Gasteiger partial charge in [0.2, 0.25) is 0 Å². The predicted octanol–water partition coefficient (Wildman–Crippen LogP) is 2.33. The van der Waals surface area contributed by atoms with Crippen LogP contribution in [0.3, 0.4) is 0 Å². The quantitative estimate of drug-likeness (QED) is 0.593. The fourth-order valence-electron chi connectivity index (χ4n) is 1.12. The van der Waals surface area contributed by atoms with Gasteiger partial charge in [0.25, 0.3) is 0 Å². The highest BCUT2D eigenvalue weighted by atomic mass is 32.1. The molecule has 0 aromatic heterocycles. The maximum Gasteiger partial charge on any atom is 0.159 e. The van der Waals surface area contributed by atoms with Crippen molar-refractivity contribution in [2.24, 2.45) is 0 Å².